The van der Waals surface area contributed by atoms with Crippen molar-refractivity contribution in [1.29, 1.82) is 0 Å². The fourth-order valence-corrected chi connectivity index (χ4v) is 2.87. The molecule has 3 rings (SSSR count). The Hall–Kier alpha value is -2.99. The average molecular weight is 353 g/mol. The van der Waals surface area contributed by atoms with Crippen molar-refractivity contribution in [3.63, 3.8) is 0 Å². The topological polar surface area (TPSA) is 57.5 Å². The first kappa shape index (κ1) is 17.8. The van der Waals surface area contributed by atoms with Crippen LogP contribution in [-0.4, -0.2) is 31.1 Å². The van der Waals surface area contributed by atoms with Crippen LogP contribution in [-0.2, 0) is 13.1 Å². The molecule has 0 radical (unpaired) electrons. The lowest BCUT2D eigenvalue weighted by molar-refractivity contribution is 0.366. The van der Waals surface area contributed by atoms with E-state index in [2.05, 4.69) is 22.5 Å². The minimum absolute atomic E-state index is 0.601. The Labute approximate surface area is 153 Å². The number of hydrogen-bond acceptors (Lipinski definition) is 5. The second-order valence-electron chi connectivity index (χ2n) is 5.69. The molecule has 1 N–H and O–H groups in total. The van der Waals surface area contributed by atoms with Gasteiger partial charge in [-0.15, -0.1) is 0 Å². The molecular formula is C20H23N3O3. The van der Waals surface area contributed by atoms with Crippen molar-refractivity contribution < 1.29 is 14.2 Å². The quantitative estimate of drug-likeness (QED) is 0.674. The molecule has 2 aromatic carbocycles. The van der Waals surface area contributed by atoms with Crippen molar-refractivity contribution in [1.82, 2.24) is 15.1 Å². The van der Waals surface area contributed by atoms with Crippen molar-refractivity contribution in [2.75, 3.05) is 21.3 Å². The fourth-order valence-electron chi connectivity index (χ4n) is 2.87. The van der Waals surface area contributed by atoms with Crippen LogP contribution in [0.3, 0.4) is 0 Å². The van der Waals surface area contributed by atoms with Gasteiger partial charge in [0.15, 0.2) is 0 Å². The van der Waals surface area contributed by atoms with Gasteiger partial charge in [0, 0.05) is 37.6 Å². The van der Waals surface area contributed by atoms with Crippen LogP contribution >= 0.6 is 0 Å². The van der Waals surface area contributed by atoms with E-state index >= 15 is 0 Å². The highest BCUT2D eigenvalue weighted by molar-refractivity contribution is 5.50. The third-order valence-electron chi connectivity index (χ3n) is 4.18. The predicted molar refractivity (Wildman–Crippen MR) is 100 cm³/mol. The molecule has 0 unspecified atom stereocenters. The summed E-state index contributed by atoms with van der Waals surface area (Å²) in [6.07, 6.45) is 3.71. The summed E-state index contributed by atoms with van der Waals surface area (Å²) in [5, 5.41) is 7.79. The highest BCUT2D eigenvalue weighted by Crippen LogP contribution is 2.34. The Bertz CT molecular complexity index is 822. The first-order valence-corrected chi connectivity index (χ1v) is 8.34. The summed E-state index contributed by atoms with van der Waals surface area (Å²) in [6.45, 7) is 1.29. The molecule has 0 spiro atoms. The van der Waals surface area contributed by atoms with E-state index in [0.717, 1.165) is 28.3 Å². The van der Waals surface area contributed by atoms with Gasteiger partial charge in [-0.25, -0.2) is 4.68 Å². The first-order chi connectivity index (χ1) is 12.8. The van der Waals surface area contributed by atoms with Crippen molar-refractivity contribution in [3.05, 3.63) is 66.0 Å². The van der Waals surface area contributed by atoms with Crippen LogP contribution in [0, 0.1) is 0 Å². The van der Waals surface area contributed by atoms with Gasteiger partial charge < -0.3 is 19.5 Å². The molecule has 0 aliphatic rings. The third-order valence-corrected chi connectivity index (χ3v) is 4.18. The van der Waals surface area contributed by atoms with Gasteiger partial charge in [-0.3, -0.25) is 0 Å². The molecule has 0 bridgehead atoms. The van der Waals surface area contributed by atoms with Crippen LogP contribution in [0.25, 0.3) is 5.69 Å². The molecule has 0 aliphatic carbocycles. The summed E-state index contributed by atoms with van der Waals surface area (Å²) < 4.78 is 18.2. The van der Waals surface area contributed by atoms with Crippen LogP contribution < -0.4 is 19.5 Å². The number of hydrogen-bond donors (Lipinski definition) is 1. The summed E-state index contributed by atoms with van der Waals surface area (Å²) in [5.41, 5.74) is 3.16. The van der Waals surface area contributed by atoms with Crippen molar-refractivity contribution in [2.45, 2.75) is 13.1 Å². The number of ether oxygens (including phenoxy) is 3. The summed E-state index contributed by atoms with van der Waals surface area (Å²) >= 11 is 0. The van der Waals surface area contributed by atoms with Gasteiger partial charge in [-0.1, -0.05) is 18.2 Å². The Morgan fingerprint density at radius 3 is 2.27 bits per heavy atom. The second-order valence-corrected chi connectivity index (χ2v) is 5.69. The lowest BCUT2D eigenvalue weighted by atomic mass is 10.1. The number of rotatable bonds is 8. The molecule has 0 amide bonds. The van der Waals surface area contributed by atoms with E-state index in [0.29, 0.717) is 18.8 Å². The smallest absolute Gasteiger partial charge is 0.130 e. The zero-order valence-electron chi connectivity index (χ0n) is 15.2. The molecule has 26 heavy (non-hydrogen) atoms. The van der Waals surface area contributed by atoms with Crippen LogP contribution in [0.5, 0.6) is 17.2 Å². The highest BCUT2D eigenvalue weighted by Gasteiger charge is 2.13. The molecule has 0 atom stereocenters. The Balaban J connectivity index is 1.77. The summed E-state index contributed by atoms with van der Waals surface area (Å²) in [4.78, 5) is 0. The molecule has 6 nitrogen and oxygen atoms in total. The van der Waals surface area contributed by atoms with E-state index in [9.17, 15) is 0 Å². The molecule has 0 aliphatic heterocycles. The molecule has 1 aromatic heterocycles. The lowest BCUT2D eigenvalue weighted by Gasteiger charge is -2.16. The second kappa shape index (κ2) is 8.40. The minimum Gasteiger partial charge on any atom is -0.496 e. The molecular weight excluding hydrogens is 330 g/mol. The van der Waals surface area contributed by atoms with E-state index in [1.54, 1.807) is 27.5 Å². The zero-order valence-corrected chi connectivity index (χ0v) is 15.2. The zero-order chi connectivity index (χ0) is 18.4. The maximum Gasteiger partial charge on any atom is 0.130 e. The molecule has 0 fully saturated rings. The fraction of sp³-hybridized carbons (Fsp3) is 0.250. The third kappa shape index (κ3) is 3.81. The Morgan fingerprint density at radius 1 is 0.923 bits per heavy atom. The molecule has 0 saturated carbocycles. The monoisotopic (exact) mass is 353 g/mol. The van der Waals surface area contributed by atoms with Crippen molar-refractivity contribution in [3.8, 4) is 22.9 Å². The van der Waals surface area contributed by atoms with E-state index in [-0.39, 0.29) is 0 Å². The summed E-state index contributed by atoms with van der Waals surface area (Å²) in [6, 6.07) is 13.8. The molecule has 6 heteroatoms. The van der Waals surface area contributed by atoms with Crippen LogP contribution in [0.4, 0.5) is 0 Å². The normalized spacial score (nSPS) is 10.6. The van der Waals surface area contributed by atoms with E-state index < -0.39 is 0 Å². The highest BCUT2D eigenvalue weighted by atomic mass is 16.5. The van der Waals surface area contributed by atoms with Gasteiger partial charge >= 0.3 is 0 Å². The maximum atomic E-state index is 5.50. The lowest BCUT2D eigenvalue weighted by Crippen LogP contribution is -2.16. The number of methoxy groups -OCH3 is 3. The van der Waals surface area contributed by atoms with E-state index in [1.165, 1.54) is 0 Å². The van der Waals surface area contributed by atoms with Gasteiger partial charge in [-0.2, -0.15) is 5.10 Å². The van der Waals surface area contributed by atoms with Crippen LogP contribution in [0.2, 0.25) is 0 Å². The molecule has 3 aromatic rings. The number of nitrogens with zero attached hydrogens (tertiary/aromatic N) is 2. The first-order valence-electron chi connectivity index (χ1n) is 8.34. The Kier molecular flexibility index (Phi) is 5.76. The molecule has 1 heterocycles. The standard InChI is InChI=1S/C20H23N3O3/c1-24-16-11-19(25-2)17(20(12-16)26-3)14-21-13-15-7-4-5-8-18(15)23-10-6-9-22-23/h4-12,21H,13-14H2,1-3H3. The van der Waals surface area contributed by atoms with Gasteiger partial charge in [0.05, 0.1) is 32.6 Å². The van der Waals surface area contributed by atoms with Gasteiger partial charge in [-0.05, 0) is 17.7 Å². The largest absolute Gasteiger partial charge is 0.496 e. The SMILES string of the molecule is COc1cc(OC)c(CNCc2ccccc2-n2cccn2)c(OC)c1. The van der Waals surface area contributed by atoms with E-state index in [1.807, 2.05) is 41.2 Å². The number of benzene rings is 2. The van der Waals surface area contributed by atoms with E-state index in [4.69, 9.17) is 14.2 Å². The Morgan fingerprint density at radius 2 is 1.65 bits per heavy atom. The van der Waals surface area contributed by atoms with Gasteiger partial charge in [0.25, 0.3) is 0 Å². The number of para-hydroxylation sites is 1. The maximum absolute atomic E-state index is 5.50. The molecule has 0 saturated heterocycles. The average Bonchev–Trinajstić information content (AvgIpc) is 3.22. The van der Waals surface area contributed by atoms with Gasteiger partial charge in [0.1, 0.15) is 17.2 Å². The van der Waals surface area contributed by atoms with Crippen molar-refractivity contribution >= 4 is 0 Å². The summed E-state index contributed by atoms with van der Waals surface area (Å²) in [7, 11) is 4.91. The predicted octanol–water partition coefficient (Wildman–Crippen LogP) is 3.19. The number of aromatic nitrogens is 2. The van der Waals surface area contributed by atoms with Crippen LogP contribution in [0.15, 0.2) is 54.9 Å². The summed E-state index contributed by atoms with van der Waals surface area (Å²) in [5.74, 6) is 2.16. The van der Waals surface area contributed by atoms with Gasteiger partial charge in [0.2, 0.25) is 0 Å². The minimum atomic E-state index is 0.601. The van der Waals surface area contributed by atoms with Crippen molar-refractivity contribution in [2.24, 2.45) is 0 Å². The number of nitrogens with one attached hydrogen (secondary N) is 1. The molecule has 136 valence electrons. The van der Waals surface area contributed by atoms with Crippen LogP contribution in [0.1, 0.15) is 11.1 Å².